The molecular weight excluding hydrogens is 222 g/mol. The number of amides is 1. The normalized spacial score (nSPS) is 10.0. The molecule has 88 valence electrons. The maximum absolute atomic E-state index is 11.9. The van der Waals surface area contributed by atoms with Gasteiger partial charge < -0.3 is 9.84 Å². The lowest BCUT2D eigenvalue weighted by Gasteiger charge is -2.05. The summed E-state index contributed by atoms with van der Waals surface area (Å²) in [6, 6.07) is 3.39. The van der Waals surface area contributed by atoms with E-state index in [9.17, 15) is 4.79 Å². The summed E-state index contributed by atoms with van der Waals surface area (Å²) in [5, 5.41) is 8.90. The summed E-state index contributed by atoms with van der Waals surface area (Å²) >= 11 is 0. The number of anilines is 2. The second-order valence-electron chi connectivity index (χ2n) is 3.25. The van der Waals surface area contributed by atoms with Crippen LogP contribution in [-0.4, -0.2) is 28.1 Å². The number of aromatic nitrogens is 3. The Hall–Kier alpha value is -2.44. The molecule has 0 radical (unpaired) electrons. The van der Waals surface area contributed by atoms with Crippen LogP contribution in [0.4, 0.5) is 11.8 Å². The summed E-state index contributed by atoms with van der Waals surface area (Å²) < 4.78 is 4.80. The molecule has 1 amide bonds. The highest BCUT2D eigenvalue weighted by Crippen LogP contribution is 2.13. The van der Waals surface area contributed by atoms with Crippen molar-refractivity contribution in [2.45, 2.75) is 6.92 Å². The van der Waals surface area contributed by atoms with Crippen LogP contribution in [0.15, 0.2) is 22.9 Å². The van der Waals surface area contributed by atoms with Gasteiger partial charge in [-0.2, -0.15) is 4.98 Å². The molecule has 0 atom stereocenters. The van der Waals surface area contributed by atoms with E-state index in [1.165, 1.54) is 0 Å². The highest BCUT2D eigenvalue weighted by atomic mass is 16.5. The Morgan fingerprint density at radius 3 is 2.94 bits per heavy atom. The molecule has 0 aliphatic heterocycles. The van der Waals surface area contributed by atoms with Gasteiger partial charge in [0.15, 0.2) is 5.82 Å². The number of hydrogen-bond acceptors (Lipinski definition) is 6. The van der Waals surface area contributed by atoms with Crippen LogP contribution in [0, 0.1) is 6.92 Å². The van der Waals surface area contributed by atoms with Crippen molar-refractivity contribution in [1.29, 1.82) is 0 Å². The maximum Gasteiger partial charge on any atom is 0.328 e. The van der Waals surface area contributed by atoms with Gasteiger partial charge in [0.25, 0.3) is 5.91 Å². The number of carbonyl (C=O) groups excluding carboxylic acids is 1. The van der Waals surface area contributed by atoms with Crippen LogP contribution in [0.3, 0.4) is 0 Å². The Morgan fingerprint density at radius 1 is 1.47 bits per heavy atom. The van der Waals surface area contributed by atoms with Crippen LogP contribution < -0.4 is 10.6 Å². The second-order valence-corrected chi connectivity index (χ2v) is 3.25. The molecule has 2 N–H and O–H groups in total. The van der Waals surface area contributed by atoms with E-state index in [0.717, 1.165) is 0 Å². The molecule has 0 fully saturated rings. The smallest absolute Gasteiger partial charge is 0.328 e. The third-order valence-electron chi connectivity index (χ3n) is 2.04. The van der Waals surface area contributed by atoms with Gasteiger partial charge in [0.05, 0.1) is 5.56 Å². The van der Waals surface area contributed by atoms with Crippen molar-refractivity contribution in [2.75, 3.05) is 17.7 Å². The topological polar surface area (TPSA) is 92.9 Å². The van der Waals surface area contributed by atoms with Crippen LogP contribution in [0.1, 0.15) is 16.2 Å². The molecular formula is C10H11N5O2. The number of aryl methyl sites for hydroxylation is 1. The fourth-order valence-corrected chi connectivity index (χ4v) is 1.30. The van der Waals surface area contributed by atoms with Gasteiger partial charge >= 0.3 is 6.01 Å². The van der Waals surface area contributed by atoms with Crippen molar-refractivity contribution in [3.63, 3.8) is 0 Å². The number of hydrogen-bond donors (Lipinski definition) is 2. The molecule has 0 unspecified atom stereocenters. The summed E-state index contributed by atoms with van der Waals surface area (Å²) in [7, 11) is 1.69. The summed E-state index contributed by atoms with van der Waals surface area (Å²) in [5.74, 6) is 0.590. The number of pyridine rings is 1. The molecule has 2 aromatic heterocycles. The lowest BCUT2D eigenvalue weighted by Crippen LogP contribution is -2.14. The molecule has 0 spiro atoms. The first-order valence-corrected chi connectivity index (χ1v) is 4.95. The third kappa shape index (κ3) is 2.39. The zero-order valence-corrected chi connectivity index (χ0v) is 9.39. The first-order chi connectivity index (χ1) is 8.20. The molecule has 0 bridgehead atoms. The molecule has 0 saturated carbocycles. The van der Waals surface area contributed by atoms with Crippen LogP contribution in [-0.2, 0) is 0 Å². The number of nitrogens with zero attached hydrogens (tertiary/aromatic N) is 3. The molecule has 2 aromatic rings. The number of rotatable bonds is 3. The molecule has 2 heterocycles. The Bertz CT molecular complexity index is 537. The average molecular weight is 233 g/mol. The van der Waals surface area contributed by atoms with Gasteiger partial charge in [-0.15, -0.1) is 0 Å². The molecule has 0 aliphatic rings. The second kappa shape index (κ2) is 4.60. The van der Waals surface area contributed by atoms with Crippen molar-refractivity contribution in [3.05, 3.63) is 29.7 Å². The third-order valence-corrected chi connectivity index (χ3v) is 2.04. The van der Waals surface area contributed by atoms with E-state index < -0.39 is 0 Å². The largest absolute Gasteiger partial charge is 0.372 e. The predicted octanol–water partition coefficient (Wildman–Crippen LogP) is 1.07. The van der Waals surface area contributed by atoms with E-state index in [1.807, 2.05) is 0 Å². The molecule has 17 heavy (non-hydrogen) atoms. The zero-order chi connectivity index (χ0) is 12.3. The van der Waals surface area contributed by atoms with Gasteiger partial charge in [0.1, 0.15) is 5.82 Å². The van der Waals surface area contributed by atoms with E-state index >= 15 is 0 Å². The molecule has 7 heteroatoms. The minimum Gasteiger partial charge on any atom is -0.372 e. The molecule has 0 saturated heterocycles. The van der Waals surface area contributed by atoms with E-state index in [4.69, 9.17) is 4.52 Å². The van der Waals surface area contributed by atoms with Crippen molar-refractivity contribution < 1.29 is 9.32 Å². The zero-order valence-electron chi connectivity index (χ0n) is 9.39. The average Bonchev–Trinajstić information content (AvgIpc) is 2.74. The molecule has 0 aliphatic carbocycles. The standard InChI is InChI=1S/C10H11N5O2/c1-6-13-10(17-15-6)14-9(16)7-4-3-5-12-8(7)11-2/h3-5H,1-2H3,(H,11,12)(H,13,14,15,16). The molecule has 0 aromatic carbocycles. The number of carbonyl (C=O) groups is 1. The van der Waals surface area contributed by atoms with Gasteiger partial charge in [-0.1, -0.05) is 5.16 Å². The summed E-state index contributed by atoms with van der Waals surface area (Å²) in [6.07, 6.45) is 1.60. The van der Waals surface area contributed by atoms with Crippen LogP contribution in [0.25, 0.3) is 0 Å². The van der Waals surface area contributed by atoms with Crippen molar-refractivity contribution in [1.82, 2.24) is 15.1 Å². The van der Waals surface area contributed by atoms with Gasteiger partial charge in [-0.25, -0.2) is 4.98 Å². The Labute approximate surface area is 97.2 Å². The van der Waals surface area contributed by atoms with E-state index in [1.54, 1.807) is 32.3 Å². The van der Waals surface area contributed by atoms with Crippen molar-refractivity contribution in [3.8, 4) is 0 Å². The number of nitrogens with one attached hydrogen (secondary N) is 2. The van der Waals surface area contributed by atoms with E-state index in [2.05, 4.69) is 25.8 Å². The van der Waals surface area contributed by atoms with Gasteiger partial charge in [-0.05, 0) is 19.1 Å². The highest BCUT2D eigenvalue weighted by Gasteiger charge is 2.14. The summed E-state index contributed by atoms with van der Waals surface area (Å²) in [5.41, 5.74) is 0.408. The highest BCUT2D eigenvalue weighted by molar-refractivity contribution is 6.06. The summed E-state index contributed by atoms with van der Waals surface area (Å²) in [4.78, 5) is 19.8. The SMILES string of the molecule is CNc1ncccc1C(=O)Nc1nc(C)no1. The van der Waals surface area contributed by atoms with Crippen LogP contribution >= 0.6 is 0 Å². The maximum atomic E-state index is 11.9. The quantitative estimate of drug-likeness (QED) is 0.823. The fraction of sp³-hybridized carbons (Fsp3) is 0.200. The van der Waals surface area contributed by atoms with Gasteiger partial charge in [0, 0.05) is 13.2 Å². The molecule has 2 rings (SSSR count). The first-order valence-electron chi connectivity index (χ1n) is 4.95. The minimum absolute atomic E-state index is 0.0680. The Balaban J connectivity index is 2.20. The lowest BCUT2D eigenvalue weighted by molar-refractivity contribution is 0.102. The van der Waals surface area contributed by atoms with Crippen LogP contribution in [0.5, 0.6) is 0 Å². The van der Waals surface area contributed by atoms with Crippen molar-refractivity contribution in [2.24, 2.45) is 0 Å². The minimum atomic E-state index is -0.355. The summed E-state index contributed by atoms with van der Waals surface area (Å²) in [6.45, 7) is 1.67. The van der Waals surface area contributed by atoms with Gasteiger partial charge in [0.2, 0.25) is 0 Å². The Kier molecular flexibility index (Phi) is 2.99. The van der Waals surface area contributed by atoms with E-state index in [0.29, 0.717) is 17.2 Å². The Morgan fingerprint density at radius 2 is 2.29 bits per heavy atom. The monoisotopic (exact) mass is 233 g/mol. The lowest BCUT2D eigenvalue weighted by atomic mass is 10.2. The van der Waals surface area contributed by atoms with E-state index in [-0.39, 0.29) is 11.9 Å². The van der Waals surface area contributed by atoms with Crippen molar-refractivity contribution >= 4 is 17.7 Å². The van der Waals surface area contributed by atoms with Gasteiger partial charge in [-0.3, -0.25) is 10.1 Å². The predicted molar refractivity (Wildman–Crippen MR) is 60.8 cm³/mol. The first kappa shape index (κ1) is 11.1. The van der Waals surface area contributed by atoms with Crippen LogP contribution in [0.2, 0.25) is 0 Å². The molecule has 7 nitrogen and oxygen atoms in total. The fourth-order valence-electron chi connectivity index (χ4n) is 1.30.